The molecule has 0 aliphatic heterocycles. The van der Waals surface area contributed by atoms with E-state index in [0.29, 0.717) is 5.02 Å². The first-order valence-electron chi connectivity index (χ1n) is 7.41. The molecule has 0 spiro atoms. The summed E-state index contributed by atoms with van der Waals surface area (Å²) < 4.78 is 0. The number of ketones is 1. The van der Waals surface area contributed by atoms with E-state index < -0.39 is 34.7 Å². The second kappa shape index (κ2) is 8.68. The number of Topliss-reactive ketones (excluding diaryl/α,β-unsaturated/α-hetero) is 1. The van der Waals surface area contributed by atoms with Crippen LogP contribution in [0.1, 0.15) is 27.1 Å². The van der Waals surface area contributed by atoms with Crippen molar-refractivity contribution >= 4 is 40.7 Å². The fraction of sp³-hybridized carbons (Fsp3) is 0.0588. The molecule has 0 aliphatic rings. The highest BCUT2D eigenvalue weighted by Gasteiger charge is 2.17. The van der Waals surface area contributed by atoms with Crippen LogP contribution in [0.15, 0.2) is 53.6 Å². The fourth-order valence-corrected chi connectivity index (χ4v) is 2.10. The van der Waals surface area contributed by atoms with Crippen molar-refractivity contribution in [3.63, 3.8) is 0 Å². The molecule has 138 valence electrons. The maximum Gasteiger partial charge on any atom is 0.352 e. The minimum absolute atomic E-state index is 0.0399. The van der Waals surface area contributed by atoms with Crippen LogP contribution < -0.4 is 5.43 Å². The molecule has 2 aromatic carbocycles. The van der Waals surface area contributed by atoms with Crippen LogP contribution in [0.4, 0.5) is 5.69 Å². The van der Waals surface area contributed by atoms with Crippen molar-refractivity contribution in [1.82, 2.24) is 5.43 Å². The Bertz CT molecular complexity index is 923. The molecule has 0 aliphatic carbocycles. The van der Waals surface area contributed by atoms with E-state index >= 15 is 0 Å². The lowest BCUT2D eigenvalue weighted by atomic mass is 10.1. The standard InChI is InChI=1S/C17H12ClN3O6/c18-12-5-1-10(2-6-12)15(22)9-14(17(24)25)19-20-16(23)11-3-7-13(8-4-11)21(26)27/h1-8H,9H2,(H,20,23)(H,24,25). The highest BCUT2D eigenvalue weighted by Crippen LogP contribution is 2.13. The SMILES string of the molecule is O=C(O)C(CC(=O)c1ccc(Cl)cc1)=NNC(=O)c1ccc([N+](=O)[O-])cc1. The average molecular weight is 390 g/mol. The maximum absolute atomic E-state index is 12.1. The molecule has 9 nitrogen and oxygen atoms in total. The van der Waals surface area contributed by atoms with E-state index in [1.165, 1.54) is 36.4 Å². The van der Waals surface area contributed by atoms with Gasteiger partial charge >= 0.3 is 5.97 Å². The van der Waals surface area contributed by atoms with Gasteiger partial charge in [0, 0.05) is 28.3 Å². The molecule has 0 unspecified atom stereocenters. The summed E-state index contributed by atoms with van der Waals surface area (Å²) in [6, 6.07) is 10.5. The topological polar surface area (TPSA) is 139 Å². The van der Waals surface area contributed by atoms with Crippen molar-refractivity contribution in [2.24, 2.45) is 5.10 Å². The number of hydrazone groups is 1. The first-order valence-corrected chi connectivity index (χ1v) is 7.79. The number of non-ortho nitro benzene ring substituents is 1. The summed E-state index contributed by atoms with van der Waals surface area (Å²) in [7, 11) is 0. The third-order valence-corrected chi connectivity index (χ3v) is 3.63. The van der Waals surface area contributed by atoms with Crippen molar-refractivity contribution in [3.05, 3.63) is 74.8 Å². The second-order valence-corrected chi connectivity index (χ2v) is 5.65. The Morgan fingerprint density at radius 2 is 1.59 bits per heavy atom. The summed E-state index contributed by atoms with van der Waals surface area (Å²) >= 11 is 5.73. The van der Waals surface area contributed by atoms with E-state index in [2.05, 4.69) is 5.10 Å². The highest BCUT2D eigenvalue weighted by atomic mass is 35.5. The molecule has 27 heavy (non-hydrogen) atoms. The summed E-state index contributed by atoms with van der Waals surface area (Å²) in [5.74, 6) is -2.76. The number of benzene rings is 2. The number of halogens is 1. The molecular weight excluding hydrogens is 378 g/mol. The van der Waals surface area contributed by atoms with E-state index in [0.717, 1.165) is 12.1 Å². The smallest absolute Gasteiger partial charge is 0.352 e. The van der Waals surface area contributed by atoms with Gasteiger partial charge in [-0.15, -0.1) is 0 Å². The van der Waals surface area contributed by atoms with Gasteiger partial charge in [-0.2, -0.15) is 5.10 Å². The summed E-state index contributed by atoms with van der Waals surface area (Å²) in [5.41, 5.74) is 1.54. The maximum atomic E-state index is 12.1. The molecule has 2 rings (SSSR count). The molecule has 0 heterocycles. The van der Waals surface area contributed by atoms with Crippen LogP contribution in [0, 0.1) is 10.1 Å². The summed E-state index contributed by atoms with van der Waals surface area (Å²) in [6.07, 6.45) is -0.544. The number of carboxylic acids is 1. The van der Waals surface area contributed by atoms with Crippen LogP contribution in [-0.2, 0) is 4.79 Å². The van der Waals surface area contributed by atoms with Crippen LogP contribution in [0.3, 0.4) is 0 Å². The Balaban J connectivity index is 2.09. The monoisotopic (exact) mass is 389 g/mol. The third-order valence-electron chi connectivity index (χ3n) is 3.37. The largest absolute Gasteiger partial charge is 0.477 e. The Morgan fingerprint density at radius 1 is 1.04 bits per heavy atom. The fourth-order valence-electron chi connectivity index (χ4n) is 1.97. The van der Waals surface area contributed by atoms with Crippen LogP contribution in [0.5, 0.6) is 0 Å². The average Bonchev–Trinajstić information content (AvgIpc) is 2.65. The van der Waals surface area contributed by atoms with E-state index in [9.17, 15) is 24.5 Å². The van der Waals surface area contributed by atoms with Gasteiger partial charge in [0.05, 0.1) is 11.3 Å². The number of hydrogen-bond donors (Lipinski definition) is 2. The van der Waals surface area contributed by atoms with Gasteiger partial charge in [-0.25, -0.2) is 10.2 Å². The van der Waals surface area contributed by atoms with Crippen molar-refractivity contribution in [2.75, 3.05) is 0 Å². The van der Waals surface area contributed by atoms with Crippen LogP contribution in [0.25, 0.3) is 0 Å². The molecule has 2 aromatic rings. The van der Waals surface area contributed by atoms with Gasteiger partial charge in [-0.1, -0.05) is 11.6 Å². The van der Waals surface area contributed by atoms with E-state index in [1.807, 2.05) is 5.43 Å². The molecule has 0 saturated carbocycles. The molecule has 0 atom stereocenters. The van der Waals surface area contributed by atoms with Gasteiger partial charge in [0.25, 0.3) is 11.6 Å². The first-order chi connectivity index (χ1) is 12.8. The number of nitrogens with one attached hydrogen (secondary N) is 1. The lowest BCUT2D eigenvalue weighted by Crippen LogP contribution is -2.25. The molecule has 0 fully saturated rings. The molecule has 0 saturated heterocycles. The molecule has 0 radical (unpaired) electrons. The van der Waals surface area contributed by atoms with Gasteiger partial charge < -0.3 is 5.11 Å². The van der Waals surface area contributed by atoms with Gasteiger partial charge in [-0.3, -0.25) is 19.7 Å². The first kappa shape index (κ1) is 19.7. The quantitative estimate of drug-likeness (QED) is 0.323. The Kier molecular flexibility index (Phi) is 6.34. The molecule has 10 heteroatoms. The van der Waals surface area contributed by atoms with E-state index in [4.69, 9.17) is 16.7 Å². The number of rotatable bonds is 7. The lowest BCUT2D eigenvalue weighted by molar-refractivity contribution is -0.384. The number of nitro benzene ring substituents is 1. The van der Waals surface area contributed by atoms with Crippen molar-refractivity contribution < 1.29 is 24.4 Å². The van der Waals surface area contributed by atoms with Gasteiger partial charge in [0.1, 0.15) is 0 Å². The van der Waals surface area contributed by atoms with Gasteiger partial charge in [0.15, 0.2) is 11.5 Å². The predicted octanol–water partition coefficient (Wildman–Crippen LogP) is 2.69. The molecule has 2 N–H and O–H groups in total. The van der Waals surface area contributed by atoms with Gasteiger partial charge in [-0.05, 0) is 36.4 Å². The van der Waals surface area contributed by atoms with Gasteiger partial charge in [0.2, 0.25) is 0 Å². The van der Waals surface area contributed by atoms with Crippen LogP contribution in [0.2, 0.25) is 5.02 Å². The summed E-state index contributed by atoms with van der Waals surface area (Å²) in [6.45, 7) is 0. The lowest BCUT2D eigenvalue weighted by Gasteiger charge is -2.04. The van der Waals surface area contributed by atoms with Crippen molar-refractivity contribution in [1.29, 1.82) is 0 Å². The Morgan fingerprint density at radius 3 is 2.11 bits per heavy atom. The molecule has 0 aromatic heterocycles. The van der Waals surface area contributed by atoms with E-state index in [1.54, 1.807) is 0 Å². The zero-order valence-corrected chi connectivity index (χ0v) is 14.3. The number of aliphatic carboxylic acids is 1. The predicted molar refractivity (Wildman–Crippen MR) is 96.0 cm³/mol. The Labute approximate surface area is 157 Å². The number of nitrogens with zero attached hydrogens (tertiary/aromatic N) is 2. The number of amides is 1. The van der Waals surface area contributed by atoms with Crippen molar-refractivity contribution in [3.8, 4) is 0 Å². The third kappa shape index (κ3) is 5.44. The normalized spacial score (nSPS) is 10.9. The number of nitro groups is 1. The van der Waals surface area contributed by atoms with E-state index in [-0.39, 0.29) is 16.8 Å². The zero-order valence-electron chi connectivity index (χ0n) is 13.6. The van der Waals surface area contributed by atoms with Crippen LogP contribution in [-0.4, -0.2) is 33.4 Å². The summed E-state index contributed by atoms with van der Waals surface area (Å²) in [5, 5.41) is 23.7. The highest BCUT2D eigenvalue weighted by molar-refractivity contribution is 6.40. The minimum Gasteiger partial charge on any atom is -0.477 e. The second-order valence-electron chi connectivity index (χ2n) is 5.22. The zero-order chi connectivity index (χ0) is 20.0. The molecular formula is C17H12ClN3O6. The molecule has 0 bridgehead atoms. The number of carbonyl (C=O) groups is 3. The number of carboxylic acid groups (broad SMARTS) is 1. The number of hydrogen-bond acceptors (Lipinski definition) is 6. The molecule has 1 amide bonds. The minimum atomic E-state index is -1.47. The number of carbonyl (C=O) groups excluding carboxylic acids is 2. The Hall–Kier alpha value is -3.59. The van der Waals surface area contributed by atoms with Crippen molar-refractivity contribution in [2.45, 2.75) is 6.42 Å². The summed E-state index contributed by atoms with van der Waals surface area (Å²) in [4.78, 5) is 45.3. The van der Waals surface area contributed by atoms with Crippen LogP contribution >= 0.6 is 11.6 Å².